The van der Waals surface area contributed by atoms with Gasteiger partial charge in [0.15, 0.2) is 0 Å². The topological polar surface area (TPSA) is 41.6 Å². The average molecular weight is 252 g/mol. The average Bonchev–Trinajstić information content (AvgIpc) is 2.97. The van der Waals surface area contributed by atoms with Gasteiger partial charge in [-0.2, -0.15) is 0 Å². The van der Waals surface area contributed by atoms with Gasteiger partial charge in [0.25, 0.3) is 0 Å². The van der Waals surface area contributed by atoms with E-state index in [1.165, 1.54) is 6.42 Å². The summed E-state index contributed by atoms with van der Waals surface area (Å²) in [5.41, 5.74) is 0. The Morgan fingerprint density at radius 2 is 1.94 bits per heavy atom. The van der Waals surface area contributed by atoms with E-state index in [1.54, 1.807) is 0 Å². The molecule has 3 rings (SSSR count). The molecule has 2 aliphatic carbocycles. The van der Waals surface area contributed by atoms with Gasteiger partial charge in [0.1, 0.15) is 0 Å². The summed E-state index contributed by atoms with van der Waals surface area (Å²) in [6, 6.07) is 0.257. The van der Waals surface area contributed by atoms with Crippen LogP contribution in [0.1, 0.15) is 26.2 Å². The first-order valence-corrected chi connectivity index (χ1v) is 7.33. The number of carbonyl (C=O) groups excluding carboxylic acids is 1. The van der Waals surface area contributed by atoms with Crippen molar-refractivity contribution in [2.45, 2.75) is 32.2 Å². The zero-order valence-electron chi connectivity index (χ0n) is 11.2. The number of ether oxygens (including phenoxy) is 1. The minimum Gasteiger partial charge on any atom is -0.379 e. The monoisotopic (exact) mass is 252 g/mol. The molecule has 1 heterocycles. The third kappa shape index (κ3) is 2.86. The molecular formula is C14H24N2O2. The summed E-state index contributed by atoms with van der Waals surface area (Å²) in [5.74, 6) is 2.37. The van der Waals surface area contributed by atoms with Gasteiger partial charge in [-0.1, -0.05) is 0 Å². The van der Waals surface area contributed by atoms with Gasteiger partial charge in [-0.25, -0.2) is 0 Å². The Labute approximate surface area is 109 Å². The molecule has 1 aliphatic heterocycles. The van der Waals surface area contributed by atoms with Crippen molar-refractivity contribution in [3.63, 3.8) is 0 Å². The van der Waals surface area contributed by atoms with E-state index in [2.05, 4.69) is 17.1 Å². The summed E-state index contributed by atoms with van der Waals surface area (Å²) in [6.07, 6.45) is 3.66. The predicted octanol–water partition coefficient (Wildman–Crippen LogP) is 0.869. The van der Waals surface area contributed by atoms with Gasteiger partial charge < -0.3 is 10.1 Å². The van der Waals surface area contributed by atoms with Crippen LogP contribution >= 0.6 is 0 Å². The Kier molecular flexibility index (Phi) is 3.57. The molecule has 0 aromatic rings. The third-order valence-electron chi connectivity index (χ3n) is 4.64. The van der Waals surface area contributed by atoms with Crippen molar-refractivity contribution in [2.24, 2.45) is 17.8 Å². The second kappa shape index (κ2) is 5.17. The molecule has 3 atom stereocenters. The van der Waals surface area contributed by atoms with Crippen LogP contribution in [0.5, 0.6) is 0 Å². The molecule has 0 aromatic carbocycles. The Morgan fingerprint density at radius 3 is 2.61 bits per heavy atom. The van der Waals surface area contributed by atoms with Crippen LogP contribution in [-0.2, 0) is 9.53 Å². The number of fused-ring (bicyclic) bond motifs is 1. The van der Waals surface area contributed by atoms with Crippen LogP contribution in [-0.4, -0.2) is 49.7 Å². The van der Waals surface area contributed by atoms with Gasteiger partial charge in [-0.05, 0) is 38.0 Å². The zero-order valence-corrected chi connectivity index (χ0v) is 11.2. The van der Waals surface area contributed by atoms with Crippen molar-refractivity contribution in [1.82, 2.24) is 10.2 Å². The number of nitrogens with zero attached hydrogens (tertiary/aromatic N) is 1. The Morgan fingerprint density at radius 1 is 1.28 bits per heavy atom. The summed E-state index contributed by atoms with van der Waals surface area (Å²) < 4.78 is 5.33. The van der Waals surface area contributed by atoms with Gasteiger partial charge in [0.05, 0.1) is 13.2 Å². The van der Waals surface area contributed by atoms with Crippen molar-refractivity contribution < 1.29 is 9.53 Å². The second-order valence-corrected chi connectivity index (χ2v) is 6.25. The predicted molar refractivity (Wildman–Crippen MR) is 69.2 cm³/mol. The fourth-order valence-corrected chi connectivity index (χ4v) is 3.51. The van der Waals surface area contributed by atoms with E-state index in [-0.39, 0.29) is 6.04 Å². The van der Waals surface area contributed by atoms with Crippen LogP contribution in [0.4, 0.5) is 0 Å². The number of amides is 1. The maximum absolute atomic E-state index is 12.1. The Balaban J connectivity index is 1.39. The SMILES string of the molecule is CC(CN1CCOCC1)NC(=O)C1CC2CC2C1. The van der Waals surface area contributed by atoms with Crippen LogP contribution in [0, 0.1) is 17.8 Å². The molecule has 1 amide bonds. The van der Waals surface area contributed by atoms with E-state index < -0.39 is 0 Å². The first-order chi connectivity index (χ1) is 8.72. The van der Waals surface area contributed by atoms with E-state index in [1.807, 2.05) is 0 Å². The van der Waals surface area contributed by atoms with Crippen molar-refractivity contribution in [3.8, 4) is 0 Å². The lowest BCUT2D eigenvalue weighted by Gasteiger charge is -2.29. The number of nitrogens with one attached hydrogen (secondary N) is 1. The molecule has 3 aliphatic rings. The van der Waals surface area contributed by atoms with Crippen molar-refractivity contribution >= 4 is 5.91 Å². The number of hydrogen-bond acceptors (Lipinski definition) is 3. The highest BCUT2D eigenvalue weighted by Gasteiger charge is 2.48. The molecule has 1 N–H and O–H groups in total. The molecule has 0 spiro atoms. The van der Waals surface area contributed by atoms with Crippen molar-refractivity contribution in [2.75, 3.05) is 32.8 Å². The zero-order chi connectivity index (χ0) is 12.5. The highest BCUT2D eigenvalue weighted by atomic mass is 16.5. The number of hydrogen-bond donors (Lipinski definition) is 1. The van der Waals surface area contributed by atoms with E-state index in [9.17, 15) is 4.79 Å². The molecule has 18 heavy (non-hydrogen) atoms. The first-order valence-electron chi connectivity index (χ1n) is 7.33. The molecule has 1 saturated heterocycles. The molecular weight excluding hydrogens is 228 g/mol. The lowest BCUT2D eigenvalue weighted by atomic mass is 10.0. The summed E-state index contributed by atoms with van der Waals surface area (Å²) >= 11 is 0. The minimum atomic E-state index is 0.257. The Bertz CT molecular complexity index is 305. The van der Waals surface area contributed by atoms with Crippen LogP contribution in [0.3, 0.4) is 0 Å². The number of rotatable bonds is 4. The summed E-state index contributed by atoms with van der Waals surface area (Å²) in [4.78, 5) is 14.5. The normalized spacial score (nSPS) is 37.1. The fraction of sp³-hybridized carbons (Fsp3) is 0.929. The fourth-order valence-electron chi connectivity index (χ4n) is 3.51. The number of morpholine rings is 1. The van der Waals surface area contributed by atoms with E-state index >= 15 is 0 Å². The van der Waals surface area contributed by atoms with Gasteiger partial charge in [-0.15, -0.1) is 0 Å². The van der Waals surface area contributed by atoms with E-state index in [0.29, 0.717) is 11.8 Å². The lowest BCUT2D eigenvalue weighted by molar-refractivity contribution is -0.125. The molecule has 102 valence electrons. The summed E-state index contributed by atoms with van der Waals surface area (Å²) in [6.45, 7) is 6.71. The van der Waals surface area contributed by atoms with Crippen LogP contribution in [0.15, 0.2) is 0 Å². The molecule has 4 nitrogen and oxygen atoms in total. The molecule has 3 fully saturated rings. The van der Waals surface area contributed by atoms with E-state index in [4.69, 9.17) is 4.74 Å². The van der Waals surface area contributed by atoms with Gasteiger partial charge in [0.2, 0.25) is 5.91 Å². The molecule has 3 unspecified atom stereocenters. The largest absolute Gasteiger partial charge is 0.379 e. The van der Waals surface area contributed by atoms with E-state index in [0.717, 1.165) is 57.5 Å². The van der Waals surface area contributed by atoms with Crippen LogP contribution < -0.4 is 5.32 Å². The van der Waals surface area contributed by atoms with Crippen LogP contribution in [0.2, 0.25) is 0 Å². The molecule has 2 saturated carbocycles. The first kappa shape index (κ1) is 12.4. The lowest BCUT2D eigenvalue weighted by Crippen LogP contribution is -2.47. The van der Waals surface area contributed by atoms with Gasteiger partial charge >= 0.3 is 0 Å². The van der Waals surface area contributed by atoms with Crippen LogP contribution in [0.25, 0.3) is 0 Å². The van der Waals surface area contributed by atoms with Crippen molar-refractivity contribution in [3.05, 3.63) is 0 Å². The molecule has 0 radical (unpaired) electrons. The second-order valence-electron chi connectivity index (χ2n) is 6.25. The highest BCUT2D eigenvalue weighted by Crippen LogP contribution is 2.54. The maximum atomic E-state index is 12.1. The summed E-state index contributed by atoms with van der Waals surface area (Å²) in [5, 5.41) is 3.19. The molecule has 0 aromatic heterocycles. The maximum Gasteiger partial charge on any atom is 0.223 e. The van der Waals surface area contributed by atoms with Gasteiger partial charge in [0, 0.05) is 31.6 Å². The number of carbonyl (C=O) groups is 1. The Hall–Kier alpha value is -0.610. The highest BCUT2D eigenvalue weighted by molar-refractivity contribution is 5.79. The minimum absolute atomic E-state index is 0.257. The molecule has 0 bridgehead atoms. The van der Waals surface area contributed by atoms with Crippen molar-refractivity contribution in [1.29, 1.82) is 0 Å². The van der Waals surface area contributed by atoms with Gasteiger partial charge in [-0.3, -0.25) is 9.69 Å². The smallest absolute Gasteiger partial charge is 0.223 e. The summed E-state index contributed by atoms with van der Waals surface area (Å²) in [7, 11) is 0. The quantitative estimate of drug-likeness (QED) is 0.807. The third-order valence-corrected chi connectivity index (χ3v) is 4.64. The molecule has 4 heteroatoms. The standard InChI is InChI=1S/C14H24N2O2/c1-10(9-16-2-4-18-5-3-16)15-14(17)13-7-11-6-12(11)8-13/h10-13H,2-9H2,1H3,(H,15,17).